The third-order valence-corrected chi connectivity index (χ3v) is 7.03. The maximum Gasteiger partial charge on any atom is 0.260 e. The lowest BCUT2D eigenvalue weighted by Crippen LogP contribution is -2.40. The van der Waals surface area contributed by atoms with Gasteiger partial charge >= 0.3 is 0 Å². The number of nitrogens with one attached hydrogen (secondary N) is 1. The molecule has 0 radical (unpaired) electrons. The normalized spacial score (nSPS) is 17.3. The molecule has 4 heterocycles. The summed E-state index contributed by atoms with van der Waals surface area (Å²) < 4.78 is 7.50. The average Bonchev–Trinajstić information content (AvgIpc) is 2.84. The molecule has 1 aromatic carbocycles. The van der Waals surface area contributed by atoms with Crippen molar-refractivity contribution in [1.82, 2.24) is 19.5 Å². The molecule has 1 saturated heterocycles. The van der Waals surface area contributed by atoms with Crippen molar-refractivity contribution in [2.24, 2.45) is 0 Å². The fourth-order valence-electron chi connectivity index (χ4n) is 4.92. The molecule has 1 atom stereocenters. The Morgan fingerprint density at radius 1 is 1.19 bits per heavy atom. The molecule has 4 aromatic rings. The zero-order valence-corrected chi connectivity index (χ0v) is 21.8. The summed E-state index contributed by atoms with van der Waals surface area (Å²) >= 11 is 6.71. The maximum atomic E-state index is 13.6. The number of ether oxygens (including phenoxy) is 1. The molecule has 186 valence electrons. The predicted molar refractivity (Wildman–Crippen MR) is 145 cm³/mol. The second kappa shape index (κ2) is 9.64. The molecule has 0 saturated carbocycles. The first kappa shape index (κ1) is 24.4. The Labute approximate surface area is 215 Å². The lowest BCUT2D eigenvalue weighted by Gasteiger charge is -2.35. The second-order valence-corrected chi connectivity index (χ2v) is 10.3. The van der Waals surface area contributed by atoms with E-state index in [0.717, 1.165) is 35.0 Å². The van der Waals surface area contributed by atoms with Crippen molar-refractivity contribution in [3.63, 3.8) is 0 Å². The Morgan fingerprint density at radius 3 is 2.75 bits per heavy atom. The van der Waals surface area contributed by atoms with Crippen molar-refractivity contribution >= 4 is 28.6 Å². The van der Waals surface area contributed by atoms with Gasteiger partial charge in [-0.05, 0) is 64.3 Å². The van der Waals surface area contributed by atoms with Crippen molar-refractivity contribution < 1.29 is 4.74 Å². The molecule has 0 amide bonds. The van der Waals surface area contributed by atoms with Gasteiger partial charge in [0, 0.05) is 58.7 Å². The van der Waals surface area contributed by atoms with E-state index in [0.29, 0.717) is 40.9 Å². The second-order valence-electron chi connectivity index (χ2n) is 9.89. The quantitative estimate of drug-likeness (QED) is 0.366. The summed E-state index contributed by atoms with van der Waals surface area (Å²) in [5.41, 5.74) is 4.33. The highest BCUT2D eigenvalue weighted by atomic mass is 35.5. The standard InChI is InChI=1S/C28H30ClN5O2/c1-5-34-25-19(16-31-27(33-25)32-20-10-12-36-28(3,4)15-20)13-22(26(34)35)21-9-8-18(14-23(21)29)24-17(2)7-6-11-30-24/h6-9,11,13-14,16,20H,5,10,12,15H2,1-4H3,(H,31,32,33)/t20-/m1/s1. The van der Waals surface area contributed by atoms with Crippen LogP contribution >= 0.6 is 11.6 Å². The van der Waals surface area contributed by atoms with Gasteiger partial charge in [0.05, 0.1) is 11.3 Å². The molecule has 1 fully saturated rings. The number of anilines is 1. The van der Waals surface area contributed by atoms with E-state index in [1.54, 1.807) is 17.0 Å². The van der Waals surface area contributed by atoms with Crippen LogP contribution in [0.5, 0.6) is 0 Å². The van der Waals surface area contributed by atoms with Crippen LogP contribution in [0.4, 0.5) is 5.95 Å². The Kier molecular flexibility index (Phi) is 6.53. The van der Waals surface area contributed by atoms with Crippen LogP contribution < -0.4 is 10.9 Å². The van der Waals surface area contributed by atoms with Crippen molar-refractivity contribution in [1.29, 1.82) is 0 Å². The van der Waals surface area contributed by atoms with Crippen LogP contribution in [-0.4, -0.2) is 37.8 Å². The lowest BCUT2D eigenvalue weighted by atomic mass is 9.94. The molecule has 0 spiro atoms. The van der Waals surface area contributed by atoms with E-state index in [-0.39, 0.29) is 17.2 Å². The van der Waals surface area contributed by atoms with Crippen LogP contribution in [0.1, 0.15) is 39.2 Å². The molecule has 0 unspecified atom stereocenters. The molecule has 1 aliphatic rings. The number of aromatic nitrogens is 4. The number of pyridine rings is 2. The lowest BCUT2D eigenvalue weighted by molar-refractivity contribution is -0.0553. The van der Waals surface area contributed by atoms with Gasteiger partial charge in [-0.2, -0.15) is 4.98 Å². The van der Waals surface area contributed by atoms with Crippen molar-refractivity contribution in [2.45, 2.75) is 58.7 Å². The first-order chi connectivity index (χ1) is 17.3. The zero-order chi connectivity index (χ0) is 25.4. The van der Waals surface area contributed by atoms with Gasteiger partial charge in [0.15, 0.2) is 0 Å². The zero-order valence-electron chi connectivity index (χ0n) is 21.0. The van der Waals surface area contributed by atoms with Gasteiger partial charge in [0.2, 0.25) is 5.95 Å². The highest BCUT2D eigenvalue weighted by Crippen LogP contribution is 2.32. The highest BCUT2D eigenvalue weighted by Gasteiger charge is 2.29. The van der Waals surface area contributed by atoms with E-state index in [9.17, 15) is 4.79 Å². The minimum atomic E-state index is -0.183. The molecule has 3 aromatic heterocycles. The Hall–Kier alpha value is -3.29. The predicted octanol–water partition coefficient (Wildman–Crippen LogP) is 5.87. The number of fused-ring (bicyclic) bond motifs is 1. The first-order valence-electron chi connectivity index (χ1n) is 12.3. The summed E-state index contributed by atoms with van der Waals surface area (Å²) in [5, 5.41) is 4.72. The fourth-order valence-corrected chi connectivity index (χ4v) is 5.20. The van der Waals surface area contributed by atoms with E-state index >= 15 is 0 Å². The molecular formula is C28H30ClN5O2. The number of benzene rings is 1. The Morgan fingerprint density at radius 2 is 2.03 bits per heavy atom. The molecule has 7 nitrogen and oxygen atoms in total. The number of rotatable bonds is 5. The number of aryl methyl sites for hydroxylation is 2. The van der Waals surface area contributed by atoms with Crippen LogP contribution in [0.3, 0.4) is 0 Å². The molecule has 1 aliphatic heterocycles. The summed E-state index contributed by atoms with van der Waals surface area (Å²) in [6, 6.07) is 11.7. The van der Waals surface area contributed by atoms with Crippen LogP contribution in [-0.2, 0) is 11.3 Å². The van der Waals surface area contributed by atoms with Gasteiger partial charge in [-0.25, -0.2) is 4.98 Å². The minimum absolute atomic E-state index is 0.134. The molecule has 8 heteroatoms. The summed E-state index contributed by atoms with van der Waals surface area (Å²) in [6.07, 6.45) is 5.28. The van der Waals surface area contributed by atoms with Crippen LogP contribution in [0.2, 0.25) is 5.02 Å². The number of nitrogens with zero attached hydrogens (tertiary/aromatic N) is 4. The summed E-state index contributed by atoms with van der Waals surface area (Å²) in [4.78, 5) is 27.3. The molecule has 0 bridgehead atoms. The molecular weight excluding hydrogens is 474 g/mol. The van der Waals surface area contributed by atoms with Crippen LogP contribution in [0, 0.1) is 6.92 Å². The van der Waals surface area contributed by atoms with Gasteiger partial charge in [-0.15, -0.1) is 0 Å². The van der Waals surface area contributed by atoms with Gasteiger partial charge in [-0.1, -0.05) is 29.8 Å². The first-order valence-corrected chi connectivity index (χ1v) is 12.7. The molecule has 0 aliphatic carbocycles. The van der Waals surface area contributed by atoms with E-state index in [1.165, 1.54) is 0 Å². The summed E-state index contributed by atoms with van der Waals surface area (Å²) in [7, 11) is 0. The SMILES string of the molecule is CCn1c(=O)c(-c2ccc(-c3ncccc3C)cc2Cl)cc2cnc(N[C@@H]3CCOC(C)(C)C3)nc21. The highest BCUT2D eigenvalue weighted by molar-refractivity contribution is 6.33. The van der Waals surface area contributed by atoms with Crippen molar-refractivity contribution in [3.8, 4) is 22.4 Å². The fraction of sp³-hybridized carbons (Fsp3) is 0.357. The van der Waals surface area contributed by atoms with Gasteiger partial charge < -0.3 is 10.1 Å². The topological polar surface area (TPSA) is 81.9 Å². The molecule has 36 heavy (non-hydrogen) atoms. The maximum absolute atomic E-state index is 13.6. The van der Waals surface area contributed by atoms with Gasteiger partial charge in [-0.3, -0.25) is 14.3 Å². The minimum Gasteiger partial charge on any atom is -0.375 e. The number of hydrogen-bond donors (Lipinski definition) is 1. The summed E-state index contributed by atoms with van der Waals surface area (Å²) in [5.74, 6) is 0.521. The Bertz CT molecular complexity index is 1500. The van der Waals surface area contributed by atoms with Gasteiger partial charge in [0.1, 0.15) is 5.65 Å². The monoisotopic (exact) mass is 503 g/mol. The Balaban J connectivity index is 1.52. The largest absolute Gasteiger partial charge is 0.375 e. The number of hydrogen-bond acceptors (Lipinski definition) is 6. The number of halogens is 1. The van der Waals surface area contributed by atoms with E-state index in [4.69, 9.17) is 21.3 Å². The van der Waals surface area contributed by atoms with E-state index < -0.39 is 0 Å². The van der Waals surface area contributed by atoms with E-state index in [2.05, 4.69) is 29.1 Å². The van der Waals surface area contributed by atoms with Crippen molar-refractivity contribution in [3.05, 3.63) is 69.7 Å². The van der Waals surface area contributed by atoms with Gasteiger partial charge in [0.25, 0.3) is 5.56 Å². The smallest absolute Gasteiger partial charge is 0.260 e. The van der Waals surface area contributed by atoms with Crippen molar-refractivity contribution in [2.75, 3.05) is 11.9 Å². The van der Waals surface area contributed by atoms with Crippen LogP contribution in [0.15, 0.2) is 53.6 Å². The third kappa shape index (κ3) is 4.73. The van der Waals surface area contributed by atoms with Crippen LogP contribution in [0.25, 0.3) is 33.4 Å². The third-order valence-electron chi connectivity index (χ3n) is 6.72. The molecule has 5 rings (SSSR count). The molecule has 1 N–H and O–H groups in total. The summed E-state index contributed by atoms with van der Waals surface area (Å²) in [6.45, 7) is 9.31. The average molecular weight is 504 g/mol. The van der Waals surface area contributed by atoms with E-state index in [1.807, 2.05) is 50.2 Å².